The van der Waals surface area contributed by atoms with Gasteiger partial charge in [0.25, 0.3) is 5.82 Å². The fourth-order valence-electron chi connectivity index (χ4n) is 1.33. The Labute approximate surface area is 100 Å². The lowest BCUT2D eigenvalue weighted by Crippen LogP contribution is -2.10. The van der Waals surface area contributed by atoms with E-state index < -0.39 is 5.97 Å². The number of carbonyl (C=O) groups excluding carboxylic acids is 1. The van der Waals surface area contributed by atoms with Gasteiger partial charge in [-0.05, 0) is 26.7 Å². The summed E-state index contributed by atoms with van der Waals surface area (Å²) in [5, 5.41) is 12.8. The number of hydrogen-bond acceptors (Lipinski definition) is 5. The summed E-state index contributed by atoms with van der Waals surface area (Å²) in [6, 6.07) is 2.24. The minimum absolute atomic E-state index is 0.0621. The Morgan fingerprint density at radius 2 is 2.35 bits per heavy atom. The Balaban J connectivity index is 2.46. The first-order valence-electron chi connectivity index (χ1n) is 5.37. The molecule has 0 atom stereocenters. The van der Waals surface area contributed by atoms with Crippen molar-refractivity contribution in [3.63, 3.8) is 0 Å². The number of hydrogen-bond donors (Lipinski definition) is 0. The van der Waals surface area contributed by atoms with E-state index in [1.54, 1.807) is 4.68 Å². The molecule has 1 aromatic rings. The third-order valence-corrected chi connectivity index (χ3v) is 2.40. The van der Waals surface area contributed by atoms with Gasteiger partial charge in [-0.3, -0.25) is 4.68 Å². The quantitative estimate of drug-likeness (QED) is 0.722. The van der Waals surface area contributed by atoms with Crippen LogP contribution in [0.4, 0.5) is 0 Å². The van der Waals surface area contributed by atoms with E-state index in [4.69, 9.17) is 5.26 Å². The lowest BCUT2D eigenvalue weighted by Gasteiger charge is -2.13. The molecule has 6 heteroatoms. The van der Waals surface area contributed by atoms with E-state index >= 15 is 0 Å². The molecule has 17 heavy (non-hydrogen) atoms. The Kier molecular flexibility index (Phi) is 4.21. The standard InChI is InChI=1S/C11H16N4O2/c1-11(2,7-12)5-4-6-15-8-13-9(14-15)10(16)17-3/h8H,4-6H2,1-3H3. The normalized spacial score (nSPS) is 10.9. The number of aryl methyl sites for hydroxylation is 1. The minimum Gasteiger partial charge on any atom is -0.463 e. The van der Waals surface area contributed by atoms with Crippen LogP contribution in [-0.4, -0.2) is 27.8 Å². The van der Waals surface area contributed by atoms with Gasteiger partial charge in [-0.2, -0.15) is 5.26 Å². The molecular weight excluding hydrogens is 220 g/mol. The highest BCUT2D eigenvalue weighted by atomic mass is 16.5. The summed E-state index contributed by atoms with van der Waals surface area (Å²) in [4.78, 5) is 14.9. The van der Waals surface area contributed by atoms with Crippen LogP contribution < -0.4 is 0 Å². The smallest absolute Gasteiger partial charge is 0.377 e. The molecule has 1 heterocycles. The van der Waals surface area contributed by atoms with Gasteiger partial charge >= 0.3 is 5.97 Å². The predicted octanol–water partition coefficient (Wildman–Crippen LogP) is 1.39. The minimum atomic E-state index is -0.541. The molecule has 1 aromatic heterocycles. The van der Waals surface area contributed by atoms with E-state index in [-0.39, 0.29) is 11.2 Å². The van der Waals surface area contributed by atoms with E-state index in [1.165, 1.54) is 13.4 Å². The van der Waals surface area contributed by atoms with Gasteiger partial charge in [-0.15, -0.1) is 5.10 Å². The highest BCUT2D eigenvalue weighted by Crippen LogP contribution is 2.20. The second-order valence-corrected chi connectivity index (χ2v) is 4.42. The monoisotopic (exact) mass is 236 g/mol. The van der Waals surface area contributed by atoms with Gasteiger partial charge in [0, 0.05) is 6.54 Å². The van der Waals surface area contributed by atoms with Crippen LogP contribution in [0.25, 0.3) is 0 Å². The van der Waals surface area contributed by atoms with Crippen LogP contribution in [0.2, 0.25) is 0 Å². The zero-order chi connectivity index (χ0) is 12.9. The van der Waals surface area contributed by atoms with Crippen LogP contribution in [0.15, 0.2) is 6.33 Å². The maximum absolute atomic E-state index is 11.1. The van der Waals surface area contributed by atoms with Crippen molar-refractivity contribution in [1.82, 2.24) is 14.8 Å². The van der Waals surface area contributed by atoms with Gasteiger partial charge in [-0.1, -0.05) is 0 Å². The van der Waals surface area contributed by atoms with E-state index in [9.17, 15) is 4.79 Å². The maximum atomic E-state index is 11.1. The number of nitrogens with zero attached hydrogens (tertiary/aromatic N) is 4. The Morgan fingerprint density at radius 3 is 2.94 bits per heavy atom. The van der Waals surface area contributed by atoms with Crippen molar-refractivity contribution in [3.8, 4) is 6.07 Å². The molecule has 0 aliphatic carbocycles. The molecule has 92 valence electrons. The number of ether oxygens (including phenoxy) is 1. The van der Waals surface area contributed by atoms with Crippen LogP contribution in [0.5, 0.6) is 0 Å². The Bertz CT molecular complexity index is 431. The van der Waals surface area contributed by atoms with Crippen LogP contribution in [0.1, 0.15) is 37.3 Å². The lowest BCUT2D eigenvalue weighted by atomic mass is 9.90. The van der Waals surface area contributed by atoms with E-state index in [1.807, 2.05) is 13.8 Å². The number of carbonyl (C=O) groups is 1. The van der Waals surface area contributed by atoms with Crippen LogP contribution >= 0.6 is 0 Å². The van der Waals surface area contributed by atoms with Crippen LogP contribution in [-0.2, 0) is 11.3 Å². The molecule has 0 radical (unpaired) electrons. The number of nitriles is 1. The van der Waals surface area contributed by atoms with Crippen molar-refractivity contribution in [2.45, 2.75) is 33.2 Å². The van der Waals surface area contributed by atoms with Crippen molar-refractivity contribution in [1.29, 1.82) is 5.26 Å². The summed E-state index contributed by atoms with van der Waals surface area (Å²) >= 11 is 0. The summed E-state index contributed by atoms with van der Waals surface area (Å²) in [7, 11) is 1.29. The lowest BCUT2D eigenvalue weighted by molar-refractivity contribution is 0.0586. The number of rotatable bonds is 5. The Hall–Kier alpha value is -1.90. The van der Waals surface area contributed by atoms with E-state index in [0.717, 1.165) is 12.8 Å². The predicted molar refractivity (Wildman–Crippen MR) is 60.0 cm³/mol. The average Bonchev–Trinajstić information content (AvgIpc) is 2.76. The molecule has 0 bridgehead atoms. The average molecular weight is 236 g/mol. The highest BCUT2D eigenvalue weighted by Gasteiger charge is 2.16. The molecular formula is C11H16N4O2. The number of esters is 1. The summed E-state index contributed by atoms with van der Waals surface area (Å²) in [6.45, 7) is 4.43. The van der Waals surface area contributed by atoms with Crippen LogP contribution in [0, 0.1) is 16.7 Å². The van der Waals surface area contributed by atoms with E-state index in [2.05, 4.69) is 20.9 Å². The molecule has 0 saturated carbocycles. The van der Waals surface area contributed by atoms with E-state index in [0.29, 0.717) is 6.54 Å². The summed E-state index contributed by atoms with van der Waals surface area (Å²) in [5.74, 6) is -0.479. The molecule has 0 spiro atoms. The summed E-state index contributed by atoms with van der Waals surface area (Å²) < 4.78 is 6.09. The van der Waals surface area contributed by atoms with Gasteiger partial charge in [0.15, 0.2) is 0 Å². The molecule has 0 aliphatic heterocycles. The molecule has 6 nitrogen and oxygen atoms in total. The number of aromatic nitrogens is 3. The number of methoxy groups -OCH3 is 1. The highest BCUT2D eigenvalue weighted by molar-refractivity contribution is 5.84. The molecule has 0 saturated heterocycles. The van der Waals surface area contributed by atoms with Crippen molar-refractivity contribution in [2.24, 2.45) is 5.41 Å². The fraction of sp³-hybridized carbons (Fsp3) is 0.636. The van der Waals surface area contributed by atoms with Crippen molar-refractivity contribution in [3.05, 3.63) is 12.2 Å². The zero-order valence-corrected chi connectivity index (χ0v) is 10.3. The molecule has 0 aliphatic rings. The van der Waals surface area contributed by atoms with Crippen LogP contribution in [0.3, 0.4) is 0 Å². The topological polar surface area (TPSA) is 80.8 Å². The van der Waals surface area contributed by atoms with Gasteiger partial charge in [0.05, 0.1) is 18.6 Å². The maximum Gasteiger partial charge on any atom is 0.377 e. The molecule has 0 fully saturated rings. The van der Waals surface area contributed by atoms with Crippen molar-refractivity contribution in [2.75, 3.05) is 7.11 Å². The van der Waals surface area contributed by atoms with Gasteiger partial charge < -0.3 is 4.74 Å². The first kappa shape index (κ1) is 13.2. The molecule has 0 unspecified atom stereocenters. The van der Waals surface area contributed by atoms with Gasteiger partial charge in [0.2, 0.25) is 0 Å². The molecule has 0 amide bonds. The largest absolute Gasteiger partial charge is 0.463 e. The Morgan fingerprint density at radius 1 is 1.65 bits per heavy atom. The summed E-state index contributed by atoms with van der Waals surface area (Å²) in [5.41, 5.74) is -0.328. The zero-order valence-electron chi connectivity index (χ0n) is 10.3. The first-order chi connectivity index (χ1) is 7.98. The van der Waals surface area contributed by atoms with Crippen molar-refractivity contribution < 1.29 is 9.53 Å². The SMILES string of the molecule is COC(=O)c1ncn(CCCC(C)(C)C#N)n1. The second kappa shape index (κ2) is 5.43. The second-order valence-electron chi connectivity index (χ2n) is 4.42. The first-order valence-corrected chi connectivity index (χ1v) is 5.37. The summed E-state index contributed by atoms with van der Waals surface area (Å²) in [6.07, 6.45) is 3.08. The third-order valence-electron chi connectivity index (χ3n) is 2.40. The van der Waals surface area contributed by atoms with Gasteiger partial charge in [0.1, 0.15) is 6.33 Å². The van der Waals surface area contributed by atoms with Gasteiger partial charge in [-0.25, -0.2) is 9.78 Å². The van der Waals surface area contributed by atoms with Crippen molar-refractivity contribution >= 4 is 5.97 Å². The molecule has 0 aromatic carbocycles. The fourth-order valence-corrected chi connectivity index (χ4v) is 1.33. The molecule has 0 N–H and O–H groups in total. The molecule has 1 rings (SSSR count). The third kappa shape index (κ3) is 3.87.